The first kappa shape index (κ1) is 13.8. The Morgan fingerprint density at radius 3 is 2.70 bits per heavy atom. The molecule has 1 atom stereocenters. The van der Waals surface area contributed by atoms with Crippen LogP contribution in [-0.2, 0) is 9.59 Å². The second kappa shape index (κ2) is 6.10. The number of nitrogens with one attached hydrogen (secondary N) is 2. The fourth-order valence-corrected chi connectivity index (χ4v) is 3.12. The molecule has 20 heavy (non-hydrogen) atoms. The molecule has 6 nitrogen and oxygen atoms in total. The Balaban J connectivity index is 1.46. The van der Waals surface area contributed by atoms with Crippen molar-refractivity contribution in [1.82, 2.24) is 20.4 Å². The topological polar surface area (TPSA) is 64.7 Å². The van der Waals surface area contributed by atoms with Crippen molar-refractivity contribution in [3.63, 3.8) is 0 Å². The summed E-state index contributed by atoms with van der Waals surface area (Å²) in [6.07, 6.45) is 4.47. The fraction of sp³-hybridized carbons (Fsp3) is 0.857. The van der Waals surface area contributed by atoms with Gasteiger partial charge in [0.15, 0.2) is 0 Å². The minimum atomic E-state index is -0.422. The van der Waals surface area contributed by atoms with E-state index in [1.165, 1.54) is 12.8 Å². The monoisotopic (exact) mass is 280 g/mol. The van der Waals surface area contributed by atoms with E-state index in [1.54, 1.807) is 4.90 Å². The maximum absolute atomic E-state index is 12.1. The summed E-state index contributed by atoms with van der Waals surface area (Å²) in [7, 11) is 0. The van der Waals surface area contributed by atoms with Gasteiger partial charge in [0.2, 0.25) is 0 Å². The Hall–Kier alpha value is -1.14. The van der Waals surface area contributed by atoms with Gasteiger partial charge in [0, 0.05) is 44.8 Å². The molecule has 2 heterocycles. The third-order valence-corrected chi connectivity index (χ3v) is 4.44. The van der Waals surface area contributed by atoms with Gasteiger partial charge in [-0.05, 0) is 32.2 Å². The Morgan fingerprint density at radius 2 is 1.90 bits per heavy atom. The Bertz CT molecular complexity index is 375. The molecule has 2 aliphatic heterocycles. The maximum atomic E-state index is 12.1. The number of nitrogens with zero attached hydrogens (tertiary/aromatic N) is 2. The second-order valence-electron chi connectivity index (χ2n) is 6.08. The van der Waals surface area contributed by atoms with E-state index in [4.69, 9.17) is 0 Å². The van der Waals surface area contributed by atoms with Crippen LogP contribution in [-0.4, -0.2) is 73.0 Å². The van der Waals surface area contributed by atoms with Gasteiger partial charge in [-0.25, -0.2) is 0 Å². The lowest BCUT2D eigenvalue weighted by atomic mass is 10.2. The molecular formula is C14H24N4O2. The van der Waals surface area contributed by atoms with Gasteiger partial charge in [0.1, 0.15) is 0 Å². The highest BCUT2D eigenvalue weighted by atomic mass is 16.2. The van der Waals surface area contributed by atoms with Crippen molar-refractivity contribution in [3.8, 4) is 0 Å². The molecule has 0 aromatic rings. The minimum Gasteiger partial charge on any atom is -0.344 e. The number of carbonyl (C=O) groups excluding carboxylic acids is 2. The molecule has 0 bridgehead atoms. The summed E-state index contributed by atoms with van der Waals surface area (Å²) in [4.78, 5) is 28.3. The number of amides is 2. The normalized spacial score (nSPS) is 28.2. The summed E-state index contributed by atoms with van der Waals surface area (Å²) in [6, 6.07) is 0.890. The number of hydrogen-bond donors (Lipinski definition) is 2. The lowest BCUT2D eigenvalue weighted by molar-refractivity contribution is -0.146. The molecule has 112 valence electrons. The van der Waals surface area contributed by atoms with E-state index in [-0.39, 0.29) is 11.9 Å². The van der Waals surface area contributed by atoms with Gasteiger partial charge < -0.3 is 15.5 Å². The molecule has 3 rings (SSSR count). The van der Waals surface area contributed by atoms with Crippen LogP contribution in [0.2, 0.25) is 0 Å². The Morgan fingerprint density at radius 1 is 1.05 bits per heavy atom. The highest BCUT2D eigenvalue weighted by Crippen LogP contribution is 2.29. The van der Waals surface area contributed by atoms with Crippen LogP contribution in [0.4, 0.5) is 0 Å². The van der Waals surface area contributed by atoms with E-state index in [2.05, 4.69) is 15.5 Å². The standard InChI is InChI=1S/C14H24N4O2/c19-13(14(20)17-7-1-5-15-6-9-17)16-11-4-8-18(10-11)12-2-3-12/h11-12,15H,1-10H2,(H,16,19). The van der Waals surface area contributed by atoms with E-state index in [1.807, 2.05) is 0 Å². The van der Waals surface area contributed by atoms with Crippen molar-refractivity contribution in [2.24, 2.45) is 0 Å². The molecule has 2 N–H and O–H groups in total. The van der Waals surface area contributed by atoms with Gasteiger partial charge in [0.25, 0.3) is 0 Å². The van der Waals surface area contributed by atoms with Crippen molar-refractivity contribution in [2.75, 3.05) is 39.3 Å². The summed E-state index contributed by atoms with van der Waals surface area (Å²) < 4.78 is 0. The first-order valence-corrected chi connectivity index (χ1v) is 7.78. The van der Waals surface area contributed by atoms with Crippen molar-refractivity contribution >= 4 is 11.8 Å². The summed E-state index contributed by atoms with van der Waals surface area (Å²) in [5, 5.41) is 6.15. The number of carbonyl (C=O) groups is 2. The zero-order valence-electron chi connectivity index (χ0n) is 11.9. The third-order valence-electron chi connectivity index (χ3n) is 4.44. The first-order valence-electron chi connectivity index (χ1n) is 7.78. The highest BCUT2D eigenvalue weighted by molar-refractivity contribution is 6.35. The largest absolute Gasteiger partial charge is 0.344 e. The molecule has 0 aromatic carbocycles. The Labute approximate surface area is 119 Å². The minimum absolute atomic E-state index is 0.150. The lowest BCUT2D eigenvalue weighted by Crippen LogP contribution is -2.48. The smallest absolute Gasteiger partial charge is 0.311 e. The average molecular weight is 280 g/mol. The molecule has 0 aromatic heterocycles. The van der Waals surface area contributed by atoms with E-state index in [9.17, 15) is 9.59 Å². The van der Waals surface area contributed by atoms with Gasteiger partial charge in [-0.2, -0.15) is 0 Å². The average Bonchev–Trinajstić information content (AvgIpc) is 3.24. The van der Waals surface area contributed by atoms with Crippen LogP contribution in [0, 0.1) is 0 Å². The van der Waals surface area contributed by atoms with Crippen LogP contribution in [0.5, 0.6) is 0 Å². The zero-order chi connectivity index (χ0) is 13.9. The van der Waals surface area contributed by atoms with Crippen molar-refractivity contribution in [3.05, 3.63) is 0 Å². The molecule has 0 radical (unpaired) electrons. The van der Waals surface area contributed by atoms with Crippen molar-refractivity contribution in [2.45, 2.75) is 37.8 Å². The predicted octanol–water partition coefficient (Wildman–Crippen LogP) is -0.839. The molecule has 3 fully saturated rings. The number of hydrogen-bond acceptors (Lipinski definition) is 4. The van der Waals surface area contributed by atoms with Crippen LogP contribution in [0.25, 0.3) is 0 Å². The van der Waals surface area contributed by atoms with E-state index in [0.29, 0.717) is 13.1 Å². The van der Waals surface area contributed by atoms with Crippen LogP contribution in [0.3, 0.4) is 0 Å². The molecule has 1 saturated carbocycles. The summed E-state index contributed by atoms with van der Waals surface area (Å²) in [5.74, 6) is -0.784. The number of rotatable bonds is 2. The molecule has 6 heteroatoms. The fourth-order valence-electron chi connectivity index (χ4n) is 3.12. The zero-order valence-corrected chi connectivity index (χ0v) is 11.9. The van der Waals surface area contributed by atoms with E-state index >= 15 is 0 Å². The van der Waals surface area contributed by atoms with Gasteiger partial charge in [-0.15, -0.1) is 0 Å². The van der Waals surface area contributed by atoms with Gasteiger partial charge in [-0.1, -0.05) is 0 Å². The van der Waals surface area contributed by atoms with E-state index in [0.717, 1.165) is 45.1 Å². The SMILES string of the molecule is O=C(NC1CCN(C2CC2)C1)C(=O)N1CCCNCC1. The lowest BCUT2D eigenvalue weighted by Gasteiger charge is -2.21. The van der Waals surface area contributed by atoms with Crippen LogP contribution < -0.4 is 10.6 Å². The molecule has 1 aliphatic carbocycles. The summed E-state index contributed by atoms with van der Waals surface area (Å²) >= 11 is 0. The summed E-state index contributed by atoms with van der Waals surface area (Å²) in [6.45, 7) is 4.97. The van der Waals surface area contributed by atoms with Gasteiger partial charge >= 0.3 is 11.8 Å². The third kappa shape index (κ3) is 3.30. The highest BCUT2D eigenvalue weighted by Gasteiger charge is 2.35. The predicted molar refractivity (Wildman–Crippen MR) is 75.2 cm³/mol. The molecule has 3 aliphatic rings. The van der Waals surface area contributed by atoms with Gasteiger partial charge in [0.05, 0.1) is 0 Å². The van der Waals surface area contributed by atoms with Crippen molar-refractivity contribution < 1.29 is 9.59 Å². The quantitative estimate of drug-likeness (QED) is 0.648. The van der Waals surface area contributed by atoms with Crippen LogP contribution >= 0.6 is 0 Å². The first-order chi connectivity index (χ1) is 9.74. The second-order valence-corrected chi connectivity index (χ2v) is 6.08. The molecule has 0 spiro atoms. The molecular weight excluding hydrogens is 256 g/mol. The van der Waals surface area contributed by atoms with E-state index < -0.39 is 5.91 Å². The van der Waals surface area contributed by atoms with Crippen molar-refractivity contribution in [1.29, 1.82) is 0 Å². The Kier molecular flexibility index (Phi) is 4.21. The molecule has 1 unspecified atom stereocenters. The van der Waals surface area contributed by atoms with Gasteiger partial charge in [-0.3, -0.25) is 14.5 Å². The van der Waals surface area contributed by atoms with Crippen LogP contribution in [0.1, 0.15) is 25.7 Å². The van der Waals surface area contributed by atoms with Crippen LogP contribution in [0.15, 0.2) is 0 Å². The molecule has 2 amide bonds. The maximum Gasteiger partial charge on any atom is 0.311 e. The summed E-state index contributed by atoms with van der Waals surface area (Å²) in [5.41, 5.74) is 0. The molecule has 2 saturated heterocycles. The number of likely N-dealkylation sites (tertiary alicyclic amines) is 1.